The van der Waals surface area contributed by atoms with Gasteiger partial charge in [0.1, 0.15) is 23.2 Å². The highest BCUT2D eigenvalue weighted by Gasteiger charge is 2.31. The molecule has 216 valence electrons. The second-order valence-corrected chi connectivity index (χ2v) is 10.2. The van der Waals surface area contributed by atoms with E-state index < -0.39 is 29.1 Å². The van der Waals surface area contributed by atoms with Crippen LogP contribution in [-0.2, 0) is 12.6 Å². The molecule has 1 amide bonds. The quantitative estimate of drug-likeness (QED) is 0.157. The summed E-state index contributed by atoms with van der Waals surface area (Å²) in [5.41, 5.74) is 0.619. The van der Waals surface area contributed by atoms with Gasteiger partial charge in [-0.25, -0.2) is 14.4 Å². The third kappa shape index (κ3) is 8.10. The van der Waals surface area contributed by atoms with Crippen LogP contribution in [0, 0.1) is 12.7 Å². The van der Waals surface area contributed by atoms with Gasteiger partial charge in [0.05, 0.1) is 17.8 Å². The van der Waals surface area contributed by atoms with Crippen molar-refractivity contribution in [1.29, 1.82) is 0 Å². The lowest BCUT2D eigenvalue weighted by atomic mass is 10.0. The number of hydrogen-bond acceptors (Lipinski definition) is 6. The molecule has 2 heterocycles. The number of carbonyl (C=O) groups is 1. The molecule has 0 bridgehead atoms. The van der Waals surface area contributed by atoms with E-state index in [1.54, 1.807) is 26.0 Å². The summed E-state index contributed by atoms with van der Waals surface area (Å²) in [4.78, 5) is 20.9. The van der Waals surface area contributed by atoms with Crippen molar-refractivity contribution in [3.05, 3.63) is 88.9 Å². The van der Waals surface area contributed by atoms with Crippen molar-refractivity contribution in [1.82, 2.24) is 20.2 Å². The number of rotatable bonds is 10. The molecular formula is C29H29F4N5O3. The maximum atomic E-state index is 14.1. The van der Waals surface area contributed by atoms with Gasteiger partial charge in [-0.3, -0.25) is 9.89 Å². The standard InChI is InChI=1S/C29H29F4N5O3/c1-17-5-7-21(41-12-4-10-28(2,3)40)16-22(17)18-9-11-34-24(14-18)36-27(39)26-35-25(37-38-26)15-19-13-20(29(31,32)33)6-8-23(19)30/h5-9,11,13-14,16,40H,4,10,12,15H2,1-3H3,(H,34,36,39)(H,35,37,38). The van der Waals surface area contributed by atoms with Crippen molar-refractivity contribution in [3.8, 4) is 16.9 Å². The fourth-order valence-electron chi connectivity index (χ4n) is 4.08. The van der Waals surface area contributed by atoms with E-state index in [-0.39, 0.29) is 29.5 Å². The van der Waals surface area contributed by atoms with Gasteiger partial charge in [-0.15, -0.1) is 5.10 Å². The molecule has 3 N–H and O–H groups in total. The van der Waals surface area contributed by atoms with E-state index >= 15 is 0 Å². The van der Waals surface area contributed by atoms with Crippen molar-refractivity contribution in [2.24, 2.45) is 0 Å². The second kappa shape index (κ2) is 12.0. The molecule has 0 aliphatic rings. The minimum absolute atomic E-state index is 0.0186. The van der Waals surface area contributed by atoms with Crippen LogP contribution in [0.4, 0.5) is 23.4 Å². The highest BCUT2D eigenvalue weighted by atomic mass is 19.4. The van der Waals surface area contributed by atoms with Crippen molar-refractivity contribution in [3.63, 3.8) is 0 Å². The van der Waals surface area contributed by atoms with Crippen LogP contribution in [0.1, 0.15) is 59.8 Å². The van der Waals surface area contributed by atoms with Gasteiger partial charge in [-0.05, 0) is 98.3 Å². The number of nitrogens with one attached hydrogen (secondary N) is 2. The van der Waals surface area contributed by atoms with Crippen LogP contribution in [0.2, 0.25) is 0 Å². The van der Waals surface area contributed by atoms with E-state index in [0.29, 0.717) is 37.3 Å². The zero-order valence-corrected chi connectivity index (χ0v) is 22.6. The Labute approximate surface area is 233 Å². The van der Waals surface area contributed by atoms with Crippen molar-refractivity contribution in [2.45, 2.75) is 51.8 Å². The molecule has 0 atom stereocenters. The van der Waals surface area contributed by atoms with E-state index in [2.05, 4.69) is 25.5 Å². The van der Waals surface area contributed by atoms with E-state index in [9.17, 15) is 27.5 Å². The van der Waals surface area contributed by atoms with Gasteiger partial charge in [0.15, 0.2) is 0 Å². The van der Waals surface area contributed by atoms with Gasteiger partial charge in [-0.2, -0.15) is 13.2 Å². The van der Waals surface area contributed by atoms with Crippen LogP contribution in [0.15, 0.2) is 54.7 Å². The Morgan fingerprint density at radius 1 is 1.10 bits per heavy atom. The number of aromatic amines is 1. The Morgan fingerprint density at radius 2 is 1.88 bits per heavy atom. The maximum absolute atomic E-state index is 14.1. The van der Waals surface area contributed by atoms with Gasteiger partial charge in [0, 0.05) is 12.6 Å². The number of aromatic nitrogens is 4. The first-order valence-corrected chi connectivity index (χ1v) is 12.8. The summed E-state index contributed by atoms with van der Waals surface area (Å²) >= 11 is 0. The Hall–Kier alpha value is -4.32. The zero-order chi connectivity index (χ0) is 29.8. The summed E-state index contributed by atoms with van der Waals surface area (Å²) in [5, 5.41) is 18.7. The third-order valence-electron chi connectivity index (χ3n) is 6.19. The smallest absolute Gasteiger partial charge is 0.416 e. The summed E-state index contributed by atoms with van der Waals surface area (Å²) in [5.74, 6) is -0.919. The molecule has 0 aliphatic heterocycles. The largest absolute Gasteiger partial charge is 0.494 e. The molecule has 4 aromatic rings. The van der Waals surface area contributed by atoms with Gasteiger partial charge in [0.25, 0.3) is 5.91 Å². The Kier molecular flexibility index (Phi) is 8.72. The molecule has 0 aliphatic carbocycles. The zero-order valence-electron chi connectivity index (χ0n) is 22.6. The summed E-state index contributed by atoms with van der Waals surface area (Å²) in [7, 11) is 0. The minimum atomic E-state index is -4.62. The summed E-state index contributed by atoms with van der Waals surface area (Å²) in [6.07, 6.45) is -2.12. The molecule has 0 saturated carbocycles. The van der Waals surface area contributed by atoms with Crippen molar-refractivity contribution >= 4 is 11.7 Å². The number of anilines is 1. The molecular weight excluding hydrogens is 542 g/mol. The van der Waals surface area contributed by atoms with E-state index in [0.717, 1.165) is 22.8 Å². The Bertz CT molecular complexity index is 1530. The number of aryl methyl sites for hydroxylation is 1. The topological polar surface area (TPSA) is 113 Å². The first-order valence-electron chi connectivity index (χ1n) is 12.8. The number of halogens is 4. The number of ether oxygens (including phenoxy) is 1. The second-order valence-electron chi connectivity index (χ2n) is 10.2. The molecule has 2 aromatic heterocycles. The Balaban J connectivity index is 1.44. The molecule has 0 saturated heterocycles. The number of H-pyrrole nitrogens is 1. The SMILES string of the molecule is Cc1ccc(OCCCC(C)(C)O)cc1-c1ccnc(NC(=O)c2n[nH]c(Cc3cc(C(F)(F)F)ccc3F)n2)c1. The molecule has 0 fully saturated rings. The van der Waals surface area contributed by atoms with Crippen molar-refractivity contribution < 1.29 is 32.2 Å². The highest BCUT2D eigenvalue weighted by Crippen LogP contribution is 2.31. The first-order chi connectivity index (χ1) is 19.3. The molecule has 41 heavy (non-hydrogen) atoms. The molecule has 0 radical (unpaired) electrons. The summed E-state index contributed by atoms with van der Waals surface area (Å²) in [6, 6.07) is 11.2. The number of pyridine rings is 1. The van der Waals surface area contributed by atoms with E-state index in [1.807, 2.05) is 25.1 Å². The molecule has 4 rings (SSSR count). The number of benzene rings is 2. The van der Waals surface area contributed by atoms with E-state index in [4.69, 9.17) is 4.74 Å². The highest BCUT2D eigenvalue weighted by molar-refractivity contribution is 6.01. The number of amides is 1. The summed E-state index contributed by atoms with van der Waals surface area (Å²) in [6.45, 7) is 5.89. The maximum Gasteiger partial charge on any atom is 0.416 e. The molecule has 8 nitrogen and oxygen atoms in total. The molecule has 0 spiro atoms. The minimum Gasteiger partial charge on any atom is -0.494 e. The molecule has 12 heteroatoms. The average molecular weight is 572 g/mol. The van der Waals surface area contributed by atoms with Gasteiger partial charge in [0.2, 0.25) is 5.82 Å². The van der Waals surface area contributed by atoms with E-state index in [1.165, 1.54) is 6.20 Å². The fraction of sp³-hybridized carbons (Fsp3) is 0.310. The lowest BCUT2D eigenvalue weighted by Gasteiger charge is -2.17. The van der Waals surface area contributed by atoms with Crippen LogP contribution in [0.25, 0.3) is 11.1 Å². The predicted octanol–water partition coefficient (Wildman–Crippen LogP) is 6.11. The van der Waals surface area contributed by atoms with Gasteiger partial charge >= 0.3 is 6.18 Å². The Morgan fingerprint density at radius 3 is 2.61 bits per heavy atom. The number of carbonyl (C=O) groups excluding carboxylic acids is 1. The first kappa shape index (κ1) is 29.7. The fourth-order valence-corrected chi connectivity index (χ4v) is 4.08. The predicted molar refractivity (Wildman–Crippen MR) is 144 cm³/mol. The number of hydrogen-bond donors (Lipinski definition) is 3. The van der Waals surface area contributed by atoms with Crippen LogP contribution in [0.5, 0.6) is 5.75 Å². The van der Waals surface area contributed by atoms with Gasteiger partial charge in [-0.1, -0.05) is 6.07 Å². The molecule has 0 unspecified atom stereocenters. The van der Waals surface area contributed by atoms with Crippen LogP contribution in [-0.4, -0.2) is 43.4 Å². The van der Waals surface area contributed by atoms with Crippen LogP contribution >= 0.6 is 0 Å². The molecule has 2 aromatic carbocycles. The van der Waals surface area contributed by atoms with Gasteiger partial charge < -0.3 is 15.2 Å². The average Bonchev–Trinajstić information content (AvgIpc) is 3.36. The number of alkyl halides is 3. The van der Waals surface area contributed by atoms with Crippen LogP contribution < -0.4 is 10.1 Å². The summed E-state index contributed by atoms with van der Waals surface area (Å²) < 4.78 is 59.0. The lowest BCUT2D eigenvalue weighted by Crippen LogP contribution is -2.19. The normalized spacial score (nSPS) is 11.9. The number of aliphatic hydroxyl groups is 1. The lowest BCUT2D eigenvalue weighted by molar-refractivity contribution is -0.137. The number of nitrogens with zero attached hydrogens (tertiary/aromatic N) is 3. The van der Waals surface area contributed by atoms with Crippen LogP contribution in [0.3, 0.4) is 0 Å². The monoisotopic (exact) mass is 571 g/mol. The third-order valence-corrected chi connectivity index (χ3v) is 6.19. The van der Waals surface area contributed by atoms with Crippen molar-refractivity contribution in [2.75, 3.05) is 11.9 Å².